The molecule has 0 aliphatic carbocycles. The summed E-state index contributed by atoms with van der Waals surface area (Å²) in [5.41, 5.74) is 5.08. The third-order valence-corrected chi connectivity index (χ3v) is 5.72. The number of carbonyl (C=O) groups excluding carboxylic acids is 2. The second-order valence-corrected chi connectivity index (χ2v) is 10.5. The number of nitrogens with one attached hydrogen (secondary N) is 2. The number of anilines is 1. The Hall–Kier alpha value is -3.30. The number of allylic oxidation sites excluding steroid dienone is 4. The van der Waals surface area contributed by atoms with E-state index in [1.54, 1.807) is 20.8 Å². The minimum Gasteiger partial charge on any atom is -0.444 e. The first-order chi connectivity index (χ1) is 17.4. The number of amides is 2. The van der Waals surface area contributed by atoms with Crippen LogP contribution in [-0.4, -0.2) is 48.1 Å². The lowest BCUT2D eigenvalue weighted by molar-refractivity contribution is -0.119. The van der Waals surface area contributed by atoms with Crippen molar-refractivity contribution in [2.45, 2.75) is 66.5 Å². The largest absolute Gasteiger partial charge is 0.444 e. The molecule has 0 radical (unpaired) electrons. The van der Waals surface area contributed by atoms with Gasteiger partial charge in [-0.05, 0) is 71.2 Å². The van der Waals surface area contributed by atoms with Crippen molar-refractivity contribution in [3.63, 3.8) is 0 Å². The Bertz CT molecular complexity index is 1170. The number of aromatic nitrogens is 1. The number of ether oxygens (including phenoxy) is 2. The minimum absolute atomic E-state index is 0.00650. The fourth-order valence-electron chi connectivity index (χ4n) is 3.43. The molecule has 0 bridgehead atoms. The Morgan fingerprint density at radius 2 is 1.95 bits per heavy atom. The maximum absolute atomic E-state index is 12.8. The molecule has 0 saturated carbocycles. The van der Waals surface area contributed by atoms with Crippen molar-refractivity contribution < 1.29 is 19.1 Å². The van der Waals surface area contributed by atoms with E-state index in [1.807, 2.05) is 37.4 Å². The normalized spacial score (nSPS) is 13.8. The van der Waals surface area contributed by atoms with Crippen LogP contribution in [0.3, 0.4) is 0 Å². The lowest BCUT2D eigenvalue weighted by Gasteiger charge is -2.22. The molecular weight excluding hydrogens is 488 g/mol. The molecule has 2 N–H and O–H groups in total. The molecule has 2 amide bonds. The van der Waals surface area contributed by atoms with Crippen LogP contribution in [0.4, 0.5) is 9.93 Å². The van der Waals surface area contributed by atoms with Gasteiger partial charge >= 0.3 is 6.09 Å². The molecular formula is C28H38N4O4S. The Kier molecular flexibility index (Phi) is 11.2. The zero-order valence-corrected chi connectivity index (χ0v) is 23.8. The monoisotopic (exact) mass is 526 g/mol. The van der Waals surface area contributed by atoms with Gasteiger partial charge in [0.05, 0.1) is 12.3 Å². The molecule has 2 rings (SSSR count). The van der Waals surface area contributed by atoms with Gasteiger partial charge in [-0.3, -0.25) is 9.79 Å². The predicted octanol–water partition coefficient (Wildman–Crippen LogP) is 6.47. The van der Waals surface area contributed by atoms with Gasteiger partial charge in [-0.2, -0.15) is 0 Å². The van der Waals surface area contributed by atoms with Crippen molar-refractivity contribution in [2.75, 3.05) is 19.0 Å². The van der Waals surface area contributed by atoms with Crippen molar-refractivity contribution in [1.29, 1.82) is 0 Å². The standard InChI is InChI=1S/C28H38N4O4S/c1-9-11-19(3)29-20(4)14-18(2)21-12-10-13-22(15-21)24-17-37-26(30-24)32-25(33)23(16-35-8)31-27(34)36-28(5,6)7/h10-15,17,23H,9,16H2,1-8H3,(H,31,34)(H,30,32,33)/b18-14+,19-11+,29-20-. The zero-order valence-electron chi connectivity index (χ0n) is 23.0. The van der Waals surface area contributed by atoms with E-state index in [0.717, 1.165) is 40.2 Å². The van der Waals surface area contributed by atoms with E-state index < -0.39 is 23.6 Å². The summed E-state index contributed by atoms with van der Waals surface area (Å²) < 4.78 is 10.3. The summed E-state index contributed by atoms with van der Waals surface area (Å²) in [5.74, 6) is -0.441. The number of rotatable bonds is 10. The van der Waals surface area contributed by atoms with E-state index in [9.17, 15) is 9.59 Å². The van der Waals surface area contributed by atoms with Crippen molar-refractivity contribution in [3.05, 3.63) is 53.1 Å². The van der Waals surface area contributed by atoms with Gasteiger partial charge in [0.15, 0.2) is 5.13 Å². The topological polar surface area (TPSA) is 102 Å². The quantitative estimate of drug-likeness (QED) is 0.346. The molecule has 1 heterocycles. The van der Waals surface area contributed by atoms with Gasteiger partial charge in [0, 0.05) is 29.5 Å². The summed E-state index contributed by atoms with van der Waals surface area (Å²) in [7, 11) is 1.46. The van der Waals surface area contributed by atoms with E-state index >= 15 is 0 Å². The zero-order chi connectivity index (χ0) is 27.6. The van der Waals surface area contributed by atoms with Crippen molar-refractivity contribution >= 4 is 39.8 Å². The molecule has 37 heavy (non-hydrogen) atoms. The molecule has 0 aliphatic rings. The fraction of sp³-hybridized carbons (Fsp3) is 0.429. The molecule has 0 spiro atoms. The lowest BCUT2D eigenvalue weighted by Crippen LogP contribution is -2.48. The second-order valence-electron chi connectivity index (χ2n) is 9.60. The average molecular weight is 527 g/mol. The molecule has 1 aromatic carbocycles. The maximum atomic E-state index is 12.8. The van der Waals surface area contributed by atoms with Crippen LogP contribution in [0.15, 0.2) is 52.5 Å². The number of thiazole rings is 1. The predicted molar refractivity (Wildman–Crippen MR) is 152 cm³/mol. The highest BCUT2D eigenvalue weighted by Gasteiger charge is 2.25. The first-order valence-corrected chi connectivity index (χ1v) is 13.1. The van der Waals surface area contributed by atoms with Crippen molar-refractivity contribution in [1.82, 2.24) is 10.3 Å². The number of alkyl carbamates (subject to hydrolysis) is 1. The van der Waals surface area contributed by atoms with Gasteiger partial charge in [0.25, 0.3) is 5.91 Å². The highest BCUT2D eigenvalue weighted by molar-refractivity contribution is 7.14. The number of methoxy groups -OCH3 is 1. The number of aliphatic imine (C=N–C) groups is 1. The number of hydrogen-bond acceptors (Lipinski definition) is 7. The van der Waals surface area contributed by atoms with Gasteiger partial charge in [0.1, 0.15) is 11.6 Å². The van der Waals surface area contributed by atoms with Crippen LogP contribution in [0.1, 0.15) is 60.5 Å². The van der Waals surface area contributed by atoms with Crippen LogP contribution in [0.25, 0.3) is 16.8 Å². The van der Waals surface area contributed by atoms with Crippen LogP contribution in [-0.2, 0) is 14.3 Å². The molecule has 2 aromatic rings. The Balaban J connectivity index is 2.15. The SMILES string of the molecule is CC/C=C(C)/N=C(C)\C=C(/C)c1cccc(-c2csc(NC(=O)C(COC)NC(=O)OC(C)(C)C)n2)c1. The van der Waals surface area contributed by atoms with Gasteiger partial charge in [-0.25, -0.2) is 9.78 Å². The molecule has 9 heteroatoms. The first-order valence-electron chi connectivity index (χ1n) is 12.2. The maximum Gasteiger partial charge on any atom is 0.408 e. The van der Waals surface area contributed by atoms with E-state index in [0.29, 0.717) is 5.13 Å². The molecule has 0 saturated heterocycles. The summed E-state index contributed by atoms with van der Waals surface area (Å²) >= 11 is 1.31. The fourth-order valence-corrected chi connectivity index (χ4v) is 4.15. The molecule has 200 valence electrons. The van der Waals surface area contributed by atoms with Gasteiger partial charge in [-0.15, -0.1) is 11.3 Å². The van der Waals surface area contributed by atoms with E-state index in [4.69, 9.17) is 9.47 Å². The summed E-state index contributed by atoms with van der Waals surface area (Å²) in [4.78, 5) is 34.1. The van der Waals surface area contributed by atoms with Crippen LogP contribution >= 0.6 is 11.3 Å². The Morgan fingerprint density at radius 1 is 1.22 bits per heavy atom. The van der Waals surface area contributed by atoms with E-state index in [2.05, 4.69) is 52.7 Å². The smallest absolute Gasteiger partial charge is 0.408 e. The number of nitrogens with zero attached hydrogens (tertiary/aromatic N) is 2. The van der Waals surface area contributed by atoms with Crippen molar-refractivity contribution in [3.8, 4) is 11.3 Å². The Labute approximate surface area is 223 Å². The van der Waals surface area contributed by atoms with Crippen LogP contribution in [0.5, 0.6) is 0 Å². The highest BCUT2D eigenvalue weighted by Crippen LogP contribution is 2.27. The third kappa shape index (κ3) is 10.3. The summed E-state index contributed by atoms with van der Waals surface area (Å²) in [5, 5.41) is 7.61. The Morgan fingerprint density at radius 3 is 2.59 bits per heavy atom. The molecule has 1 atom stereocenters. The van der Waals surface area contributed by atoms with E-state index in [1.165, 1.54) is 18.4 Å². The van der Waals surface area contributed by atoms with Gasteiger partial charge in [-0.1, -0.05) is 31.2 Å². The molecule has 8 nitrogen and oxygen atoms in total. The molecule has 1 unspecified atom stereocenters. The summed E-state index contributed by atoms with van der Waals surface area (Å²) in [6, 6.07) is 7.14. The summed E-state index contributed by atoms with van der Waals surface area (Å²) in [6.45, 7) is 13.4. The van der Waals surface area contributed by atoms with Crippen LogP contribution in [0, 0.1) is 0 Å². The number of benzene rings is 1. The van der Waals surface area contributed by atoms with Crippen molar-refractivity contribution in [2.24, 2.45) is 4.99 Å². The molecule has 0 aliphatic heterocycles. The lowest BCUT2D eigenvalue weighted by atomic mass is 10.0. The molecule has 1 aromatic heterocycles. The third-order valence-electron chi connectivity index (χ3n) is 4.97. The first kappa shape index (κ1) is 29.9. The van der Waals surface area contributed by atoms with Crippen LogP contribution < -0.4 is 10.6 Å². The van der Waals surface area contributed by atoms with E-state index in [-0.39, 0.29) is 6.61 Å². The highest BCUT2D eigenvalue weighted by atomic mass is 32.1. The van der Waals surface area contributed by atoms with Gasteiger partial charge in [0.2, 0.25) is 0 Å². The number of carbonyl (C=O) groups is 2. The number of hydrogen-bond donors (Lipinski definition) is 2. The van der Waals surface area contributed by atoms with Crippen LogP contribution in [0.2, 0.25) is 0 Å². The average Bonchev–Trinajstić information content (AvgIpc) is 3.26. The molecule has 0 fully saturated rings. The van der Waals surface area contributed by atoms with Gasteiger partial charge < -0.3 is 20.1 Å². The summed E-state index contributed by atoms with van der Waals surface area (Å²) in [6.07, 6.45) is 4.42. The second kappa shape index (κ2) is 13.9. The minimum atomic E-state index is -0.927.